The summed E-state index contributed by atoms with van der Waals surface area (Å²) in [6, 6.07) is 10.1. The zero-order valence-electron chi connectivity index (χ0n) is 11.8. The monoisotopic (exact) mass is 261 g/mol. The lowest BCUT2D eigenvalue weighted by atomic mass is 10.2. The van der Waals surface area contributed by atoms with E-state index in [1.165, 1.54) is 0 Å². The highest BCUT2D eigenvalue weighted by Crippen LogP contribution is 2.02. The molecule has 0 aromatic heterocycles. The summed E-state index contributed by atoms with van der Waals surface area (Å²) in [4.78, 5) is 13.7. The van der Waals surface area contributed by atoms with E-state index in [0.29, 0.717) is 26.2 Å². The van der Waals surface area contributed by atoms with Crippen LogP contribution in [0.25, 0.3) is 6.08 Å². The van der Waals surface area contributed by atoms with Gasteiger partial charge in [0.2, 0.25) is 5.91 Å². The second-order valence-electron chi connectivity index (χ2n) is 4.19. The molecule has 0 bridgehead atoms. The van der Waals surface area contributed by atoms with Crippen molar-refractivity contribution in [3.8, 4) is 0 Å². The first kappa shape index (κ1) is 15.4. The highest BCUT2D eigenvalue weighted by Gasteiger charge is 2.09. The summed E-state index contributed by atoms with van der Waals surface area (Å²) in [6.07, 6.45) is 4.52. The van der Waals surface area contributed by atoms with Crippen LogP contribution in [0.15, 0.2) is 36.4 Å². The number of hydrogen-bond acceptors (Lipinski definition) is 2. The van der Waals surface area contributed by atoms with Gasteiger partial charge in [-0.25, -0.2) is 0 Å². The number of amides is 1. The number of rotatable bonds is 8. The molecule has 0 saturated carbocycles. The number of hydrogen-bond donors (Lipinski definition) is 0. The van der Waals surface area contributed by atoms with Gasteiger partial charge in [-0.3, -0.25) is 4.79 Å². The molecule has 1 amide bonds. The van der Waals surface area contributed by atoms with E-state index in [2.05, 4.69) is 0 Å². The molecule has 0 N–H and O–H groups in total. The molecule has 0 saturated heterocycles. The second-order valence-corrected chi connectivity index (χ2v) is 4.19. The Hall–Kier alpha value is -1.61. The quantitative estimate of drug-likeness (QED) is 0.673. The molecule has 0 aliphatic rings. The van der Waals surface area contributed by atoms with E-state index in [1.54, 1.807) is 0 Å². The summed E-state index contributed by atoms with van der Waals surface area (Å²) in [7, 11) is 0. The fourth-order valence-corrected chi connectivity index (χ4v) is 1.75. The molecule has 0 atom stereocenters. The van der Waals surface area contributed by atoms with Crippen LogP contribution in [-0.4, -0.2) is 37.1 Å². The molecule has 0 fully saturated rings. The molecule has 3 heteroatoms. The number of likely N-dealkylation sites (N-methyl/N-ethyl adjacent to an activating group) is 1. The SMILES string of the molecule is CCOCCC(=O)N(CC)C/C=C/c1ccccc1. The van der Waals surface area contributed by atoms with E-state index in [9.17, 15) is 4.79 Å². The van der Waals surface area contributed by atoms with E-state index in [4.69, 9.17) is 4.74 Å². The van der Waals surface area contributed by atoms with Gasteiger partial charge in [0.1, 0.15) is 0 Å². The zero-order chi connectivity index (χ0) is 13.9. The fourth-order valence-electron chi connectivity index (χ4n) is 1.75. The molecule has 3 nitrogen and oxygen atoms in total. The van der Waals surface area contributed by atoms with E-state index >= 15 is 0 Å². The highest BCUT2D eigenvalue weighted by molar-refractivity contribution is 5.76. The van der Waals surface area contributed by atoms with Crippen LogP contribution in [-0.2, 0) is 9.53 Å². The van der Waals surface area contributed by atoms with Crippen molar-refractivity contribution in [2.75, 3.05) is 26.3 Å². The van der Waals surface area contributed by atoms with Crippen molar-refractivity contribution in [3.63, 3.8) is 0 Å². The van der Waals surface area contributed by atoms with Crippen LogP contribution in [0.4, 0.5) is 0 Å². The molecule has 0 unspecified atom stereocenters. The fraction of sp³-hybridized carbons (Fsp3) is 0.438. The van der Waals surface area contributed by atoms with Gasteiger partial charge >= 0.3 is 0 Å². The Kier molecular flexibility index (Phi) is 7.59. The summed E-state index contributed by atoms with van der Waals surface area (Å²) in [5.74, 6) is 0.147. The lowest BCUT2D eigenvalue weighted by molar-refractivity contribution is -0.131. The minimum atomic E-state index is 0.147. The molecule has 0 radical (unpaired) electrons. The predicted octanol–water partition coefficient (Wildman–Crippen LogP) is 2.97. The Balaban J connectivity index is 2.39. The zero-order valence-corrected chi connectivity index (χ0v) is 11.8. The van der Waals surface area contributed by atoms with Crippen molar-refractivity contribution in [2.24, 2.45) is 0 Å². The van der Waals surface area contributed by atoms with Crippen LogP contribution in [0.2, 0.25) is 0 Å². The van der Waals surface area contributed by atoms with Crippen LogP contribution in [0, 0.1) is 0 Å². The van der Waals surface area contributed by atoms with E-state index in [-0.39, 0.29) is 5.91 Å². The molecular weight excluding hydrogens is 238 g/mol. The molecule has 1 aromatic rings. The maximum absolute atomic E-state index is 11.9. The number of ether oxygens (including phenoxy) is 1. The van der Waals surface area contributed by atoms with Gasteiger partial charge < -0.3 is 9.64 Å². The smallest absolute Gasteiger partial charge is 0.225 e. The molecule has 1 aromatic carbocycles. The van der Waals surface area contributed by atoms with Crippen molar-refractivity contribution in [2.45, 2.75) is 20.3 Å². The Labute approximate surface area is 115 Å². The first-order valence-corrected chi connectivity index (χ1v) is 6.85. The minimum Gasteiger partial charge on any atom is -0.381 e. The summed E-state index contributed by atoms with van der Waals surface area (Å²) in [5.41, 5.74) is 1.15. The van der Waals surface area contributed by atoms with Gasteiger partial charge in [-0.2, -0.15) is 0 Å². The van der Waals surface area contributed by atoms with E-state index < -0.39 is 0 Å². The summed E-state index contributed by atoms with van der Waals surface area (Å²) in [6.45, 7) is 6.47. The van der Waals surface area contributed by atoms with Crippen molar-refractivity contribution in [1.29, 1.82) is 0 Å². The molecule has 0 aliphatic carbocycles. The van der Waals surface area contributed by atoms with Crippen molar-refractivity contribution < 1.29 is 9.53 Å². The number of carbonyl (C=O) groups is 1. The van der Waals surface area contributed by atoms with Gasteiger partial charge in [0, 0.05) is 19.7 Å². The maximum atomic E-state index is 11.9. The van der Waals surface area contributed by atoms with E-state index in [0.717, 1.165) is 12.1 Å². The van der Waals surface area contributed by atoms with E-state index in [1.807, 2.05) is 61.2 Å². The Morgan fingerprint density at radius 2 is 2.00 bits per heavy atom. The Morgan fingerprint density at radius 1 is 1.26 bits per heavy atom. The lowest BCUT2D eigenvalue weighted by Gasteiger charge is -2.18. The van der Waals surface area contributed by atoms with Crippen molar-refractivity contribution in [1.82, 2.24) is 4.90 Å². The van der Waals surface area contributed by atoms with Crippen LogP contribution < -0.4 is 0 Å². The second kappa shape index (κ2) is 9.34. The number of nitrogens with zero attached hydrogens (tertiary/aromatic N) is 1. The van der Waals surface area contributed by atoms with Gasteiger partial charge in [0.05, 0.1) is 13.0 Å². The summed E-state index contributed by atoms with van der Waals surface area (Å²) >= 11 is 0. The van der Waals surface area contributed by atoms with Gasteiger partial charge in [0.15, 0.2) is 0 Å². The highest BCUT2D eigenvalue weighted by atomic mass is 16.5. The number of carbonyl (C=O) groups excluding carboxylic acids is 1. The largest absolute Gasteiger partial charge is 0.381 e. The first-order chi connectivity index (χ1) is 9.27. The molecule has 19 heavy (non-hydrogen) atoms. The molecule has 0 spiro atoms. The lowest BCUT2D eigenvalue weighted by Crippen LogP contribution is -2.31. The Morgan fingerprint density at radius 3 is 2.63 bits per heavy atom. The van der Waals surface area contributed by atoms with Crippen LogP contribution >= 0.6 is 0 Å². The topological polar surface area (TPSA) is 29.5 Å². The molecular formula is C16H23NO2. The van der Waals surface area contributed by atoms with Crippen LogP contribution in [0.5, 0.6) is 0 Å². The van der Waals surface area contributed by atoms with Gasteiger partial charge in [-0.1, -0.05) is 42.5 Å². The van der Waals surface area contributed by atoms with Crippen LogP contribution in [0.3, 0.4) is 0 Å². The van der Waals surface area contributed by atoms with Gasteiger partial charge in [0.25, 0.3) is 0 Å². The molecule has 104 valence electrons. The summed E-state index contributed by atoms with van der Waals surface area (Å²) < 4.78 is 5.21. The van der Waals surface area contributed by atoms with Crippen molar-refractivity contribution in [3.05, 3.63) is 42.0 Å². The third-order valence-corrected chi connectivity index (χ3v) is 2.83. The third-order valence-electron chi connectivity index (χ3n) is 2.83. The van der Waals surface area contributed by atoms with Crippen molar-refractivity contribution >= 4 is 12.0 Å². The standard InChI is InChI=1S/C16H23NO2/c1-3-17(16(18)12-14-19-4-2)13-8-11-15-9-6-5-7-10-15/h5-11H,3-4,12-14H2,1-2H3/b11-8+. The first-order valence-electron chi connectivity index (χ1n) is 6.85. The summed E-state index contributed by atoms with van der Waals surface area (Å²) in [5, 5.41) is 0. The maximum Gasteiger partial charge on any atom is 0.225 e. The molecule has 1 rings (SSSR count). The van der Waals surface area contributed by atoms with Crippen LogP contribution in [0.1, 0.15) is 25.8 Å². The molecule has 0 aliphatic heterocycles. The minimum absolute atomic E-state index is 0.147. The average Bonchev–Trinajstić information content (AvgIpc) is 2.45. The Bertz CT molecular complexity index is 387. The van der Waals surface area contributed by atoms with Gasteiger partial charge in [-0.15, -0.1) is 0 Å². The van der Waals surface area contributed by atoms with Gasteiger partial charge in [-0.05, 0) is 19.4 Å². The average molecular weight is 261 g/mol. The predicted molar refractivity (Wildman–Crippen MR) is 78.8 cm³/mol. The third kappa shape index (κ3) is 6.20. The number of benzene rings is 1. The normalized spacial score (nSPS) is 10.8. The molecule has 0 heterocycles.